The highest BCUT2D eigenvalue weighted by atomic mass is 16.5. The van der Waals surface area contributed by atoms with Gasteiger partial charge in [0.05, 0.1) is 6.61 Å². The van der Waals surface area contributed by atoms with E-state index in [1.54, 1.807) is 0 Å². The molecule has 2 unspecified atom stereocenters. The lowest BCUT2D eigenvalue weighted by Gasteiger charge is -2.45. The van der Waals surface area contributed by atoms with E-state index >= 15 is 0 Å². The van der Waals surface area contributed by atoms with Crippen molar-refractivity contribution in [1.29, 1.82) is 0 Å². The highest BCUT2D eigenvalue weighted by Crippen LogP contribution is 2.32. The third-order valence-corrected chi connectivity index (χ3v) is 4.00. The topological polar surface area (TPSA) is 24.5 Å². The molecule has 1 aliphatic carbocycles. The van der Waals surface area contributed by atoms with Crippen molar-refractivity contribution in [3.05, 3.63) is 0 Å². The van der Waals surface area contributed by atoms with E-state index in [1.807, 2.05) is 0 Å². The van der Waals surface area contributed by atoms with E-state index in [1.165, 1.54) is 32.4 Å². The second-order valence-electron chi connectivity index (χ2n) is 6.54. The lowest BCUT2D eigenvalue weighted by atomic mass is 9.78. The number of nitrogens with zero attached hydrogens (tertiary/aromatic N) is 1. The van der Waals surface area contributed by atoms with Gasteiger partial charge < -0.3 is 10.1 Å². The molecule has 3 nitrogen and oxygen atoms in total. The highest BCUT2D eigenvalue weighted by molar-refractivity contribution is 4.91. The van der Waals surface area contributed by atoms with Gasteiger partial charge in [-0.2, -0.15) is 0 Å². The third kappa shape index (κ3) is 3.94. The van der Waals surface area contributed by atoms with Crippen molar-refractivity contribution in [2.45, 2.75) is 51.6 Å². The Balaban J connectivity index is 1.77. The molecule has 17 heavy (non-hydrogen) atoms. The van der Waals surface area contributed by atoms with Gasteiger partial charge in [-0.15, -0.1) is 0 Å². The van der Waals surface area contributed by atoms with Gasteiger partial charge in [0.15, 0.2) is 0 Å². The molecule has 0 spiro atoms. The molecule has 0 radical (unpaired) electrons. The first-order chi connectivity index (χ1) is 8.06. The zero-order chi connectivity index (χ0) is 12.3. The van der Waals surface area contributed by atoms with E-state index in [-0.39, 0.29) is 5.54 Å². The third-order valence-electron chi connectivity index (χ3n) is 4.00. The highest BCUT2D eigenvalue weighted by Gasteiger charge is 2.35. The summed E-state index contributed by atoms with van der Waals surface area (Å²) in [7, 11) is 0. The van der Waals surface area contributed by atoms with Gasteiger partial charge >= 0.3 is 0 Å². The molecule has 1 aliphatic heterocycles. The van der Waals surface area contributed by atoms with Gasteiger partial charge in [0.1, 0.15) is 0 Å². The average Bonchev–Trinajstić information content (AvgIpc) is 2.43. The van der Waals surface area contributed by atoms with E-state index in [0.717, 1.165) is 31.7 Å². The summed E-state index contributed by atoms with van der Waals surface area (Å²) < 4.78 is 5.54. The van der Waals surface area contributed by atoms with Crippen LogP contribution in [0.3, 0.4) is 0 Å². The van der Waals surface area contributed by atoms with Gasteiger partial charge in [-0.3, -0.25) is 4.90 Å². The summed E-state index contributed by atoms with van der Waals surface area (Å²) in [6.07, 6.45) is 3.98. The Bertz CT molecular complexity index is 229. The number of rotatable bonds is 3. The summed E-state index contributed by atoms with van der Waals surface area (Å²) in [5.41, 5.74) is 0.252. The van der Waals surface area contributed by atoms with Crippen molar-refractivity contribution in [2.24, 2.45) is 5.92 Å². The maximum Gasteiger partial charge on any atom is 0.0593 e. The Morgan fingerprint density at radius 1 is 1.18 bits per heavy atom. The Labute approximate surface area is 106 Å². The van der Waals surface area contributed by atoms with Crippen molar-refractivity contribution in [3.8, 4) is 0 Å². The van der Waals surface area contributed by atoms with Gasteiger partial charge in [-0.25, -0.2) is 0 Å². The SMILES string of the molecule is CC(C)(C)NCC1CCC1N1CCCOCC1. The first-order valence-corrected chi connectivity index (χ1v) is 7.13. The van der Waals surface area contributed by atoms with Crippen LogP contribution in [-0.4, -0.2) is 49.3 Å². The predicted octanol–water partition coefficient (Wildman–Crippen LogP) is 1.88. The molecule has 1 saturated carbocycles. The van der Waals surface area contributed by atoms with Crippen molar-refractivity contribution in [2.75, 3.05) is 32.8 Å². The summed E-state index contributed by atoms with van der Waals surface area (Å²) in [6, 6.07) is 0.812. The molecule has 3 heteroatoms. The minimum absolute atomic E-state index is 0.252. The molecule has 2 fully saturated rings. The first kappa shape index (κ1) is 13.3. The molecule has 2 atom stereocenters. The summed E-state index contributed by atoms with van der Waals surface area (Å²) >= 11 is 0. The standard InChI is InChI=1S/C14H28N2O/c1-14(2,3)15-11-12-5-6-13(12)16-7-4-9-17-10-8-16/h12-13,15H,4-11H2,1-3H3. The van der Waals surface area contributed by atoms with Crippen molar-refractivity contribution < 1.29 is 4.74 Å². The zero-order valence-electron chi connectivity index (χ0n) is 11.7. The molecule has 0 aromatic rings. The fraction of sp³-hybridized carbons (Fsp3) is 1.00. The van der Waals surface area contributed by atoms with Crippen molar-refractivity contribution >= 4 is 0 Å². The molecule has 0 aromatic heterocycles. The Morgan fingerprint density at radius 3 is 2.65 bits per heavy atom. The van der Waals surface area contributed by atoms with Crippen LogP contribution in [0.5, 0.6) is 0 Å². The van der Waals surface area contributed by atoms with E-state index in [4.69, 9.17) is 4.74 Å². The maximum absolute atomic E-state index is 5.54. The number of hydrogen-bond acceptors (Lipinski definition) is 3. The normalized spacial score (nSPS) is 31.9. The van der Waals surface area contributed by atoms with Gasteiger partial charge in [-0.1, -0.05) is 0 Å². The number of hydrogen-bond donors (Lipinski definition) is 1. The molecule has 1 saturated heterocycles. The van der Waals surface area contributed by atoms with Gasteiger partial charge in [0.25, 0.3) is 0 Å². The molecular formula is C14H28N2O. The maximum atomic E-state index is 5.54. The van der Waals surface area contributed by atoms with Crippen molar-refractivity contribution in [1.82, 2.24) is 10.2 Å². The van der Waals surface area contributed by atoms with Crippen LogP contribution in [0.4, 0.5) is 0 Å². The van der Waals surface area contributed by atoms with Crippen LogP contribution in [0.2, 0.25) is 0 Å². The monoisotopic (exact) mass is 240 g/mol. The molecular weight excluding hydrogens is 212 g/mol. The quantitative estimate of drug-likeness (QED) is 0.815. The lowest BCUT2D eigenvalue weighted by Crippen LogP contribution is -2.53. The second kappa shape index (κ2) is 5.68. The second-order valence-corrected chi connectivity index (χ2v) is 6.54. The Kier molecular flexibility index (Phi) is 4.45. The largest absolute Gasteiger partial charge is 0.380 e. The van der Waals surface area contributed by atoms with E-state index < -0.39 is 0 Å². The molecule has 1 N–H and O–H groups in total. The summed E-state index contributed by atoms with van der Waals surface area (Å²) in [5.74, 6) is 0.854. The fourth-order valence-corrected chi connectivity index (χ4v) is 2.80. The fourth-order valence-electron chi connectivity index (χ4n) is 2.80. The molecule has 100 valence electrons. The summed E-state index contributed by atoms with van der Waals surface area (Å²) in [4.78, 5) is 2.66. The van der Waals surface area contributed by atoms with Gasteiger partial charge in [0, 0.05) is 31.3 Å². The van der Waals surface area contributed by atoms with E-state index in [9.17, 15) is 0 Å². The van der Waals surface area contributed by atoms with Gasteiger partial charge in [-0.05, 0) is 52.5 Å². The predicted molar refractivity (Wildman–Crippen MR) is 71.3 cm³/mol. The smallest absolute Gasteiger partial charge is 0.0593 e. The number of nitrogens with one attached hydrogen (secondary N) is 1. The Hall–Kier alpha value is -0.120. The molecule has 0 bridgehead atoms. The minimum atomic E-state index is 0.252. The van der Waals surface area contributed by atoms with Crippen LogP contribution in [0.1, 0.15) is 40.0 Å². The zero-order valence-corrected chi connectivity index (χ0v) is 11.7. The molecule has 0 amide bonds. The van der Waals surface area contributed by atoms with Crippen LogP contribution in [0, 0.1) is 5.92 Å². The first-order valence-electron chi connectivity index (χ1n) is 7.13. The average molecular weight is 240 g/mol. The van der Waals surface area contributed by atoms with Crippen LogP contribution in [0.25, 0.3) is 0 Å². The lowest BCUT2D eigenvalue weighted by molar-refractivity contribution is 0.0538. The molecule has 0 aromatic carbocycles. The van der Waals surface area contributed by atoms with Crippen LogP contribution in [0.15, 0.2) is 0 Å². The minimum Gasteiger partial charge on any atom is -0.380 e. The van der Waals surface area contributed by atoms with Crippen molar-refractivity contribution in [3.63, 3.8) is 0 Å². The van der Waals surface area contributed by atoms with E-state index in [0.29, 0.717) is 0 Å². The number of ether oxygens (including phenoxy) is 1. The summed E-state index contributed by atoms with van der Waals surface area (Å²) in [6.45, 7) is 12.2. The van der Waals surface area contributed by atoms with Crippen LogP contribution < -0.4 is 5.32 Å². The molecule has 2 rings (SSSR count). The van der Waals surface area contributed by atoms with E-state index in [2.05, 4.69) is 31.0 Å². The van der Waals surface area contributed by atoms with Gasteiger partial charge in [0.2, 0.25) is 0 Å². The summed E-state index contributed by atoms with van der Waals surface area (Å²) in [5, 5.41) is 3.65. The van der Waals surface area contributed by atoms with Crippen LogP contribution in [-0.2, 0) is 4.74 Å². The molecule has 2 aliphatic rings. The molecule has 1 heterocycles. The van der Waals surface area contributed by atoms with Crippen LogP contribution >= 0.6 is 0 Å². The Morgan fingerprint density at radius 2 is 2.00 bits per heavy atom.